The first-order chi connectivity index (χ1) is 9.19. The SMILES string of the molecule is CCOC1CC(NCCOCCN(C)C)C12CCC2. The zero-order chi connectivity index (χ0) is 13.7. The van der Waals surface area contributed by atoms with E-state index >= 15 is 0 Å². The Balaban J connectivity index is 1.57. The highest BCUT2D eigenvalue weighted by atomic mass is 16.5. The van der Waals surface area contributed by atoms with Crippen molar-refractivity contribution >= 4 is 0 Å². The first-order valence-corrected chi connectivity index (χ1v) is 7.76. The van der Waals surface area contributed by atoms with Crippen LogP contribution in [0.5, 0.6) is 0 Å². The molecule has 0 aromatic carbocycles. The van der Waals surface area contributed by atoms with E-state index in [4.69, 9.17) is 9.47 Å². The Hall–Kier alpha value is -0.160. The van der Waals surface area contributed by atoms with Gasteiger partial charge in [-0.2, -0.15) is 0 Å². The van der Waals surface area contributed by atoms with Gasteiger partial charge < -0.3 is 19.7 Å². The smallest absolute Gasteiger partial charge is 0.0661 e. The van der Waals surface area contributed by atoms with Crippen molar-refractivity contribution in [3.63, 3.8) is 0 Å². The number of hydrogen-bond donors (Lipinski definition) is 1. The van der Waals surface area contributed by atoms with Gasteiger partial charge in [0.05, 0.1) is 19.3 Å². The highest BCUT2D eigenvalue weighted by Gasteiger charge is 2.58. The predicted octanol–water partition coefficient (Wildman–Crippen LogP) is 1.50. The lowest BCUT2D eigenvalue weighted by Gasteiger charge is -2.61. The van der Waals surface area contributed by atoms with Crippen molar-refractivity contribution in [2.24, 2.45) is 5.41 Å². The highest BCUT2D eigenvalue weighted by Crippen LogP contribution is 2.57. The van der Waals surface area contributed by atoms with Crippen LogP contribution in [0.3, 0.4) is 0 Å². The summed E-state index contributed by atoms with van der Waals surface area (Å²) >= 11 is 0. The molecule has 0 saturated heterocycles. The summed E-state index contributed by atoms with van der Waals surface area (Å²) < 4.78 is 11.5. The minimum Gasteiger partial charge on any atom is -0.379 e. The zero-order valence-electron chi connectivity index (χ0n) is 12.8. The number of nitrogens with one attached hydrogen (secondary N) is 1. The number of nitrogens with zero attached hydrogens (tertiary/aromatic N) is 1. The monoisotopic (exact) mass is 270 g/mol. The van der Waals surface area contributed by atoms with Gasteiger partial charge in [0.15, 0.2) is 0 Å². The minimum absolute atomic E-state index is 0.472. The molecule has 112 valence electrons. The molecule has 2 aliphatic rings. The summed E-state index contributed by atoms with van der Waals surface area (Å²) in [7, 11) is 4.15. The molecule has 0 amide bonds. The molecule has 4 nitrogen and oxygen atoms in total. The third-order valence-electron chi connectivity index (χ3n) is 4.76. The highest BCUT2D eigenvalue weighted by molar-refractivity contribution is 5.12. The van der Waals surface area contributed by atoms with E-state index in [1.807, 2.05) is 0 Å². The van der Waals surface area contributed by atoms with Crippen molar-refractivity contribution in [2.45, 2.75) is 44.8 Å². The molecule has 2 aliphatic carbocycles. The molecule has 0 aliphatic heterocycles. The number of rotatable bonds is 9. The van der Waals surface area contributed by atoms with E-state index in [2.05, 4.69) is 31.2 Å². The molecule has 0 heterocycles. The Bertz CT molecular complexity index is 267. The van der Waals surface area contributed by atoms with E-state index in [0.29, 0.717) is 17.6 Å². The average molecular weight is 270 g/mol. The van der Waals surface area contributed by atoms with Gasteiger partial charge in [-0.3, -0.25) is 0 Å². The third-order valence-corrected chi connectivity index (χ3v) is 4.76. The molecule has 2 rings (SSSR count). The van der Waals surface area contributed by atoms with Gasteiger partial charge in [0.1, 0.15) is 0 Å². The molecule has 0 radical (unpaired) electrons. The summed E-state index contributed by atoms with van der Waals surface area (Å²) in [4.78, 5) is 2.15. The molecule has 0 aromatic rings. The molecule has 1 N–H and O–H groups in total. The zero-order valence-corrected chi connectivity index (χ0v) is 12.8. The van der Waals surface area contributed by atoms with Crippen molar-refractivity contribution in [1.82, 2.24) is 10.2 Å². The van der Waals surface area contributed by atoms with Crippen LogP contribution >= 0.6 is 0 Å². The standard InChI is InChI=1S/C15H30N2O2/c1-4-19-14-12-13(15(14)6-5-7-15)16-8-10-18-11-9-17(2)3/h13-14,16H,4-12H2,1-3H3. The van der Waals surface area contributed by atoms with Crippen LogP contribution in [-0.4, -0.2) is 64.1 Å². The first-order valence-electron chi connectivity index (χ1n) is 7.76. The van der Waals surface area contributed by atoms with E-state index in [1.54, 1.807) is 0 Å². The van der Waals surface area contributed by atoms with Crippen LogP contribution in [0.15, 0.2) is 0 Å². The van der Waals surface area contributed by atoms with Gasteiger partial charge in [-0.05, 0) is 40.3 Å². The van der Waals surface area contributed by atoms with E-state index in [1.165, 1.54) is 25.7 Å². The van der Waals surface area contributed by atoms with E-state index in [9.17, 15) is 0 Å². The van der Waals surface area contributed by atoms with Crippen molar-refractivity contribution in [1.29, 1.82) is 0 Å². The van der Waals surface area contributed by atoms with Crippen LogP contribution in [0.1, 0.15) is 32.6 Å². The fourth-order valence-electron chi connectivity index (χ4n) is 3.38. The Kier molecular flexibility index (Phi) is 5.63. The molecule has 2 unspecified atom stereocenters. The molecule has 2 fully saturated rings. The molecule has 2 atom stereocenters. The largest absolute Gasteiger partial charge is 0.379 e. The second kappa shape index (κ2) is 7.02. The van der Waals surface area contributed by atoms with Crippen LogP contribution in [0.2, 0.25) is 0 Å². The number of hydrogen-bond acceptors (Lipinski definition) is 4. The quantitative estimate of drug-likeness (QED) is 0.644. The van der Waals surface area contributed by atoms with Crippen LogP contribution in [-0.2, 0) is 9.47 Å². The Labute approximate surface area is 117 Å². The Morgan fingerprint density at radius 2 is 2.05 bits per heavy atom. The van der Waals surface area contributed by atoms with Crippen LogP contribution in [0, 0.1) is 5.41 Å². The van der Waals surface area contributed by atoms with Crippen LogP contribution in [0.25, 0.3) is 0 Å². The minimum atomic E-state index is 0.472. The third kappa shape index (κ3) is 3.48. The Morgan fingerprint density at radius 3 is 2.63 bits per heavy atom. The second-order valence-electron chi connectivity index (χ2n) is 6.19. The van der Waals surface area contributed by atoms with Gasteiger partial charge in [-0.15, -0.1) is 0 Å². The van der Waals surface area contributed by atoms with Gasteiger partial charge in [0.2, 0.25) is 0 Å². The lowest BCUT2D eigenvalue weighted by Crippen LogP contribution is -2.67. The fraction of sp³-hybridized carbons (Fsp3) is 1.00. The maximum Gasteiger partial charge on any atom is 0.0661 e. The fourth-order valence-corrected chi connectivity index (χ4v) is 3.38. The normalized spacial score (nSPS) is 28.4. The molecule has 2 saturated carbocycles. The summed E-state index contributed by atoms with van der Waals surface area (Å²) in [5, 5.41) is 3.67. The maximum atomic E-state index is 5.86. The van der Waals surface area contributed by atoms with E-state index < -0.39 is 0 Å². The van der Waals surface area contributed by atoms with Gasteiger partial charge in [-0.25, -0.2) is 0 Å². The topological polar surface area (TPSA) is 33.7 Å². The molecule has 4 heteroatoms. The summed E-state index contributed by atoms with van der Waals surface area (Å²) in [6.45, 7) is 6.57. The van der Waals surface area contributed by atoms with Crippen molar-refractivity contribution < 1.29 is 9.47 Å². The van der Waals surface area contributed by atoms with E-state index in [-0.39, 0.29) is 0 Å². The van der Waals surface area contributed by atoms with Gasteiger partial charge in [0.25, 0.3) is 0 Å². The van der Waals surface area contributed by atoms with Gasteiger partial charge in [-0.1, -0.05) is 6.42 Å². The summed E-state index contributed by atoms with van der Waals surface area (Å²) in [5.74, 6) is 0. The van der Waals surface area contributed by atoms with Gasteiger partial charge in [0, 0.05) is 31.2 Å². The molecule has 0 aromatic heterocycles. The Morgan fingerprint density at radius 1 is 1.26 bits per heavy atom. The number of ether oxygens (including phenoxy) is 2. The average Bonchev–Trinajstić information content (AvgIpc) is 2.28. The second-order valence-corrected chi connectivity index (χ2v) is 6.19. The molecule has 0 bridgehead atoms. The predicted molar refractivity (Wildman–Crippen MR) is 77.5 cm³/mol. The lowest BCUT2D eigenvalue weighted by molar-refractivity contribution is -0.173. The molecular formula is C15H30N2O2. The van der Waals surface area contributed by atoms with E-state index in [0.717, 1.165) is 32.9 Å². The summed E-state index contributed by atoms with van der Waals surface area (Å²) in [5.41, 5.74) is 0.472. The van der Waals surface area contributed by atoms with Crippen molar-refractivity contribution in [2.75, 3.05) is 47.0 Å². The molecular weight excluding hydrogens is 240 g/mol. The van der Waals surface area contributed by atoms with Crippen LogP contribution in [0.4, 0.5) is 0 Å². The maximum absolute atomic E-state index is 5.86. The molecule has 19 heavy (non-hydrogen) atoms. The van der Waals surface area contributed by atoms with Gasteiger partial charge >= 0.3 is 0 Å². The lowest BCUT2D eigenvalue weighted by atomic mass is 9.51. The molecule has 1 spiro atoms. The van der Waals surface area contributed by atoms with Crippen molar-refractivity contribution in [3.05, 3.63) is 0 Å². The first kappa shape index (κ1) is 15.2. The number of likely N-dealkylation sites (N-methyl/N-ethyl adjacent to an activating group) is 1. The summed E-state index contributed by atoms with van der Waals surface area (Å²) in [6.07, 6.45) is 5.76. The summed E-state index contributed by atoms with van der Waals surface area (Å²) in [6, 6.07) is 0.662. The van der Waals surface area contributed by atoms with Crippen molar-refractivity contribution in [3.8, 4) is 0 Å². The van der Waals surface area contributed by atoms with Crippen LogP contribution < -0.4 is 5.32 Å².